The third kappa shape index (κ3) is 17.8. The van der Waals surface area contributed by atoms with E-state index in [9.17, 15) is 4.79 Å². The van der Waals surface area contributed by atoms with Gasteiger partial charge in [-0.05, 0) is 98.2 Å². The smallest absolute Gasteiger partial charge is 0.320 e. The van der Waals surface area contributed by atoms with Gasteiger partial charge in [0.1, 0.15) is 6.10 Å². The van der Waals surface area contributed by atoms with E-state index in [1.165, 1.54) is 0 Å². The largest absolute Gasteiger partial charge is 0.518 e. The summed E-state index contributed by atoms with van der Waals surface area (Å²) in [6, 6.07) is 0. The molecule has 0 aliphatic carbocycles. The molecule has 0 N–H and O–H groups in total. The molecule has 32 heavy (non-hydrogen) atoms. The van der Waals surface area contributed by atoms with E-state index in [4.69, 9.17) is 22.1 Å². The van der Waals surface area contributed by atoms with Crippen LogP contribution in [0.3, 0.4) is 0 Å². The minimum atomic E-state index is -2.05. The van der Waals surface area contributed by atoms with Crippen molar-refractivity contribution in [3.63, 3.8) is 0 Å². The SMILES string of the molecule is C[Si](C)(C)OC[C@@H](O[Si](C)(C)C)[C@H](C[C@@H](O[Si](C)(C)C)C(=O)O[Si](C)(C)C)O[Si](C)(C)C. The van der Waals surface area contributed by atoms with Gasteiger partial charge >= 0.3 is 5.97 Å². The molecule has 0 bridgehead atoms. The molecule has 0 amide bonds. The van der Waals surface area contributed by atoms with E-state index in [2.05, 4.69) is 78.6 Å². The molecule has 3 atom stereocenters. The fourth-order valence-electron chi connectivity index (χ4n) is 2.93. The second-order valence-corrected chi connectivity index (χ2v) is 35.8. The Labute approximate surface area is 203 Å². The van der Waals surface area contributed by atoms with Crippen LogP contribution in [0.4, 0.5) is 0 Å². The van der Waals surface area contributed by atoms with Crippen LogP contribution >= 0.6 is 0 Å². The van der Waals surface area contributed by atoms with Crippen LogP contribution in [-0.2, 0) is 26.9 Å². The van der Waals surface area contributed by atoms with E-state index in [1.807, 2.05) is 19.6 Å². The highest BCUT2D eigenvalue weighted by molar-refractivity contribution is 6.72. The van der Waals surface area contributed by atoms with E-state index < -0.39 is 47.7 Å². The molecule has 0 aromatic carbocycles. The summed E-state index contributed by atoms with van der Waals surface area (Å²) in [4.78, 5) is 13.2. The molecule has 0 spiro atoms. The number of carbonyl (C=O) groups is 1. The fourth-order valence-corrected chi connectivity index (χ4v) is 7.66. The van der Waals surface area contributed by atoms with Crippen molar-refractivity contribution in [1.82, 2.24) is 0 Å². The lowest BCUT2D eigenvalue weighted by molar-refractivity contribution is -0.145. The Morgan fingerprint density at radius 3 is 1.31 bits per heavy atom. The molecule has 0 rings (SSSR count). The van der Waals surface area contributed by atoms with Crippen LogP contribution < -0.4 is 0 Å². The van der Waals surface area contributed by atoms with E-state index >= 15 is 0 Å². The normalized spacial score (nSPS) is 17.1. The topological polar surface area (TPSA) is 63.2 Å². The molecule has 0 unspecified atom stereocenters. The Hall–Kier alpha value is 0.394. The first-order valence-electron chi connectivity index (χ1n) is 11.8. The Morgan fingerprint density at radius 2 is 0.969 bits per heavy atom. The average molecular weight is 541 g/mol. The zero-order valence-electron chi connectivity index (χ0n) is 23.6. The summed E-state index contributed by atoms with van der Waals surface area (Å²) in [7, 11) is -9.63. The van der Waals surface area contributed by atoms with E-state index in [0.29, 0.717) is 13.0 Å². The van der Waals surface area contributed by atoms with Crippen LogP contribution in [0.1, 0.15) is 6.42 Å². The third-order valence-corrected chi connectivity index (χ3v) is 8.57. The van der Waals surface area contributed by atoms with E-state index in [0.717, 1.165) is 0 Å². The summed E-state index contributed by atoms with van der Waals surface area (Å²) in [5.74, 6) is -0.270. The number of carbonyl (C=O) groups excluding carboxylic acids is 1. The number of rotatable bonds is 14. The summed E-state index contributed by atoms with van der Waals surface area (Å²) in [5, 5.41) is 0. The number of hydrogen-bond acceptors (Lipinski definition) is 6. The highest BCUT2D eigenvalue weighted by Gasteiger charge is 2.39. The minimum Gasteiger partial charge on any atom is -0.518 e. The van der Waals surface area contributed by atoms with Gasteiger partial charge in [-0.2, -0.15) is 0 Å². The van der Waals surface area contributed by atoms with Crippen LogP contribution in [0, 0.1) is 0 Å². The zero-order chi connectivity index (χ0) is 25.8. The quantitative estimate of drug-likeness (QED) is 0.242. The van der Waals surface area contributed by atoms with Gasteiger partial charge in [0.2, 0.25) is 8.32 Å². The van der Waals surface area contributed by atoms with Crippen molar-refractivity contribution < 1.29 is 26.9 Å². The molecule has 0 aliphatic heterocycles. The summed E-state index contributed by atoms with van der Waals surface area (Å²) in [6.07, 6.45) is -0.774. The van der Waals surface area contributed by atoms with Crippen LogP contribution in [0.2, 0.25) is 98.2 Å². The second kappa shape index (κ2) is 11.9. The molecule has 0 radical (unpaired) electrons. The van der Waals surface area contributed by atoms with Crippen molar-refractivity contribution in [1.29, 1.82) is 0 Å². The number of hydrogen-bond donors (Lipinski definition) is 0. The van der Waals surface area contributed by atoms with E-state index in [1.54, 1.807) is 0 Å². The Morgan fingerprint density at radius 1 is 0.562 bits per heavy atom. The molecule has 0 saturated heterocycles. The summed E-state index contributed by atoms with van der Waals surface area (Å²) < 4.78 is 31.8. The van der Waals surface area contributed by atoms with Crippen LogP contribution in [-0.4, -0.2) is 72.5 Å². The molecular weight excluding hydrogens is 489 g/mol. The van der Waals surface area contributed by atoms with Gasteiger partial charge in [0.05, 0.1) is 18.8 Å². The zero-order valence-corrected chi connectivity index (χ0v) is 28.6. The molecule has 0 fully saturated rings. The Bertz CT molecular complexity index is 582. The molecular formula is C21H52O6Si5. The Balaban J connectivity index is 6.07. The van der Waals surface area contributed by atoms with Gasteiger partial charge in [0, 0.05) is 6.42 Å². The van der Waals surface area contributed by atoms with Crippen molar-refractivity contribution >= 4 is 47.6 Å². The first-order valence-corrected chi connectivity index (χ1v) is 28.8. The van der Waals surface area contributed by atoms with Crippen LogP contribution in [0.15, 0.2) is 0 Å². The first-order chi connectivity index (χ1) is 13.9. The molecule has 0 aromatic rings. The molecule has 192 valence electrons. The van der Waals surface area contributed by atoms with Gasteiger partial charge < -0.3 is 22.1 Å². The predicted octanol–water partition coefficient (Wildman–Crippen LogP) is 6.27. The highest BCUT2D eigenvalue weighted by atomic mass is 28.4. The van der Waals surface area contributed by atoms with Gasteiger partial charge in [-0.25, -0.2) is 0 Å². The highest BCUT2D eigenvalue weighted by Crippen LogP contribution is 2.25. The summed E-state index contributed by atoms with van der Waals surface area (Å²) in [6.45, 7) is 32.4. The monoisotopic (exact) mass is 540 g/mol. The standard InChI is InChI=1S/C21H52O6Si5/c1-28(2,3)23-17-20(26-31(10,11)12)18(24-29(4,5)6)16-19(25-30(7,8)9)21(22)27-32(13,14)15/h18-20H,16-17H2,1-15H3/t18-,19+,20+/m0/s1. The maximum absolute atomic E-state index is 13.2. The fraction of sp³-hybridized carbons (Fsp3) is 0.952. The van der Waals surface area contributed by atoms with Gasteiger partial charge in [-0.3, -0.25) is 4.79 Å². The molecule has 0 aromatic heterocycles. The average Bonchev–Trinajstić information content (AvgIpc) is 2.43. The lowest BCUT2D eigenvalue weighted by atomic mass is 10.1. The summed E-state index contributed by atoms with van der Waals surface area (Å²) in [5.41, 5.74) is 0. The third-order valence-electron chi connectivity index (χ3n) is 3.72. The lowest BCUT2D eigenvalue weighted by Gasteiger charge is -2.39. The van der Waals surface area contributed by atoms with Crippen molar-refractivity contribution in [2.75, 3.05) is 6.61 Å². The van der Waals surface area contributed by atoms with Crippen molar-refractivity contribution in [3.8, 4) is 0 Å². The molecule has 6 nitrogen and oxygen atoms in total. The maximum atomic E-state index is 13.2. The minimum absolute atomic E-state index is 0.243. The van der Waals surface area contributed by atoms with Crippen molar-refractivity contribution in [3.05, 3.63) is 0 Å². The van der Waals surface area contributed by atoms with Crippen molar-refractivity contribution in [2.45, 2.75) is 123 Å². The van der Waals surface area contributed by atoms with Gasteiger partial charge in [-0.1, -0.05) is 0 Å². The summed E-state index contributed by atoms with van der Waals surface area (Å²) >= 11 is 0. The lowest BCUT2D eigenvalue weighted by Crippen LogP contribution is -2.51. The molecule has 0 heterocycles. The van der Waals surface area contributed by atoms with Crippen molar-refractivity contribution in [2.24, 2.45) is 0 Å². The van der Waals surface area contributed by atoms with Gasteiger partial charge in [0.15, 0.2) is 33.3 Å². The van der Waals surface area contributed by atoms with Crippen LogP contribution in [0.5, 0.6) is 0 Å². The molecule has 0 saturated carbocycles. The van der Waals surface area contributed by atoms with Gasteiger partial charge in [-0.15, -0.1) is 0 Å². The maximum Gasteiger partial charge on any atom is 0.320 e. The van der Waals surface area contributed by atoms with E-state index in [-0.39, 0.29) is 18.2 Å². The Kier molecular flexibility index (Phi) is 12.0. The van der Waals surface area contributed by atoms with Crippen LogP contribution in [0.25, 0.3) is 0 Å². The second-order valence-electron chi connectivity index (χ2n) is 13.4. The van der Waals surface area contributed by atoms with Gasteiger partial charge in [0.25, 0.3) is 0 Å². The molecule has 0 aliphatic rings. The molecule has 11 heteroatoms. The first kappa shape index (κ1) is 32.4. The predicted molar refractivity (Wildman–Crippen MR) is 148 cm³/mol.